The molecule has 1 saturated carbocycles. The molecule has 1 aromatic carbocycles. The average Bonchev–Trinajstić information content (AvgIpc) is 3.14. The van der Waals surface area contributed by atoms with Gasteiger partial charge in [-0.15, -0.1) is 24.8 Å². The van der Waals surface area contributed by atoms with E-state index in [1.807, 2.05) is 30.3 Å². The molecule has 7 heteroatoms. The molecule has 1 spiro atoms. The van der Waals surface area contributed by atoms with Crippen LogP contribution in [-0.4, -0.2) is 30.6 Å². The topological polar surface area (TPSA) is 63.2 Å². The number of nitrogens with zero attached hydrogens (tertiary/aromatic N) is 1. The van der Waals surface area contributed by atoms with E-state index in [0.717, 1.165) is 62.4 Å². The molecule has 5 nitrogen and oxygen atoms in total. The summed E-state index contributed by atoms with van der Waals surface area (Å²) in [6.45, 7) is 2.81. The van der Waals surface area contributed by atoms with Crippen molar-refractivity contribution >= 4 is 36.5 Å². The molecular weight excluding hydrogens is 397 g/mol. The Morgan fingerprint density at radius 3 is 2.82 bits per heavy atom. The van der Waals surface area contributed by atoms with Gasteiger partial charge in [0.05, 0.1) is 12.3 Å². The summed E-state index contributed by atoms with van der Waals surface area (Å²) in [5.74, 6) is 1.88. The van der Waals surface area contributed by atoms with Gasteiger partial charge in [0, 0.05) is 17.9 Å². The number of aromatic nitrogens is 1. The van der Waals surface area contributed by atoms with Crippen molar-refractivity contribution in [2.75, 3.05) is 25.0 Å². The lowest BCUT2D eigenvalue weighted by molar-refractivity contribution is -0.118. The summed E-state index contributed by atoms with van der Waals surface area (Å²) in [7, 11) is 0. The maximum absolute atomic E-state index is 12.7. The number of anilines is 1. The molecule has 1 aromatic heterocycles. The zero-order valence-electron chi connectivity index (χ0n) is 15.6. The molecule has 0 bridgehead atoms. The summed E-state index contributed by atoms with van der Waals surface area (Å²) in [6, 6.07) is 12.0. The Hall–Kier alpha value is -1.82. The largest absolute Gasteiger partial charge is 0.493 e. The average molecular weight is 422 g/mol. The van der Waals surface area contributed by atoms with Crippen molar-refractivity contribution in [3.63, 3.8) is 0 Å². The highest BCUT2D eigenvalue weighted by Crippen LogP contribution is 2.58. The van der Waals surface area contributed by atoms with Gasteiger partial charge in [-0.3, -0.25) is 4.79 Å². The Labute approximate surface area is 177 Å². The fourth-order valence-corrected chi connectivity index (χ4v) is 4.42. The van der Waals surface area contributed by atoms with E-state index in [2.05, 4.69) is 21.7 Å². The van der Waals surface area contributed by atoms with E-state index in [0.29, 0.717) is 5.82 Å². The van der Waals surface area contributed by atoms with Gasteiger partial charge >= 0.3 is 0 Å². The Morgan fingerprint density at radius 1 is 1.18 bits per heavy atom. The van der Waals surface area contributed by atoms with Gasteiger partial charge in [0.15, 0.2) is 0 Å². The lowest BCUT2D eigenvalue weighted by atomic mass is 9.92. The van der Waals surface area contributed by atoms with Crippen molar-refractivity contribution in [2.45, 2.75) is 25.7 Å². The molecule has 2 aromatic rings. The van der Waals surface area contributed by atoms with E-state index in [4.69, 9.17) is 4.74 Å². The molecular formula is C21H25Cl2N3O2. The molecule has 2 fully saturated rings. The van der Waals surface area contributed by atoms with Gasteiger partial charge in [-0.2, -0.15) is 0 Å². The fourth-order valence-electron chi connectivity index (χ4n) is 4.42. The molecule has 5 rings (SSSR count). The molecule has 1 aliphatic carbocycles. The van der Waals surface area contributed by atoms with Crippen molar-refractivity contribution in [3.8, 4) is 17.0 Å². The van der Waals surface area contributed by atoms with Crippen LogP contribution in [0.3, 0.4) is 0 Å². The highest BCUT2D eigenvalue weighted by Gasteiger charge is 2.57. The van der Waals surface area contributed by atoms with E-state index < -0.39 is 0 Å². The second kappa shape index (κ2) is 8.27. The van der Waals surface area contributed by atoms with Crippen LogP contribution in [0.15, 0.2) is 36.4 Å². The molecule has 28 heavy (non-hydrogen) atoms. The summed E-state index contributed by atoms with van der Waals surface area (Å²) in [5.41, 5.74) is 3.41. The Bertz CT molecular complexity index is 868. The first-order chi connectivity index (χ1) is 12.7. The van der Waals surface area contributed by atoms with Crippen LogP contribution in [0.4, 0.5) is 5.82 Å². The first kappa shape index (κ1) is 20.9. The van der Waals surface area contributed by atoms with Gasteiger partial charge in [0.2, 0.25) is 5.91 Å². The molecule has 2 N–H and O–H groups in total. The van der Waals surface area contributed by atoms with Crippen molar-refractivity contribution in [1.82, 2.24) is 10.3 Å². The molecule has 3 heterocycles. The van der Waals surface area contributed by atoms with Gasteiger partial charge in [0.25, 0.3) is 0 Å². The van der Waals surface area contributed by atoms with Crippen LogP contribution >= 0.6 is 24.8 Å². The minimum absolute atomic E-state index is 0. The number of hydrogen-bond acceptors (Lipinski definition) is 4. The summed E-state index contributed by atoms with van der Waals surface area (Å²) >= 11 is 0. The molecule has 0 radical (unpaired) electrons. The molecule has 150 valence electrons. The van der Waals surface area contributed by atoms with Gasteiger partial charge in [-0.05, 0) is 73.7 Å². The first-order valence-corrected chi connectivity index (χ1v) is 9.48. The van der Waals surface area contributed by atoms with Crippen LogP contribution in [0.1, 0.15) is 24.8 Å². The number of benzene rings is 1. The monoisotopic (exact) mass is 421 g/mol. The highest BCUT2D eigenvalue weighted by molar-refractivity contribution is 5.94. The number of rotatable bonds is 3. The van der Waals surface area contributed by atoms with E-state index in [1.165, 1.54) is 5.56 Å². The molecule has 1 amide bonds. The second-order valence-corrected chi connectivity index (χ2v) is 7.69. The number of fused-ring (bicyclic) bond motifs is 1. The van der Waals surface area contributed by atoms with Gasteiger partial charge in [0.1, 0.15) is 11.6 Å². The predicted molar refractivity (Wildman–Crippen MR) is 115 cm³/mol. The van der Waals surface area contributed by atoms with Crippen LogP contribution in [0.25, 0.3) is 11.3 Å². The van der Waals surface area contributed by atoms with Crippen LogP contribution in [-0.2, 0) is 11.2 Å². The van der Waals surface area contributed by atoms with Crippen molar-refractivity contribution < 1.29 is 9.53 Å². The zero-order valence-corrected chi connectivity index (χ0v) is 17.2. The minimum atomic E-state index is 0. The summed E-state index contributed by atoms with van der Waals surface area (Å²) < 4.78 is 5.57. The van der Waals surface area contributed by atoms with E-state index in [-0.39, 0.29) is 42.1 Å². The SMILES string of the molecule is Cl.Cl.O=C(Nc1cccc(-c2ccc3c(c2)CCO3)n1)C1CC12CCNCC2. The summed E-state index contributed by atoms with van der Waals surface area (Å²) in [5, 5.41) is 6.42. The third-order valence-electron chi connectivity index (χ3n) is 6.09. The van der Waals surface area contributed by atoms with Gasteiger partial charge in [-0.25, -0.2) is 4.98 Å². The van der Waals surface area contributed by atoms with Crippen molar-refractivity contribution in [2.24, 2.45) is 11.3 Å². The molecule has 1 atom stereocenters. The maximum Gasteiger partial charge on any atom is 0.229 e. The van der Waals surface area contributed by atoms with Crippen molar-refractivity contribution in [1.29, 1.82) is 0 Å². The van der Waals surface area contributed by atoms with E-state index in [1.54, 1.807) is 0 Å². The summed E-state index contributed by atoms with van der Waals surface area (Å²) in [4.78, 5) is 17.3. The molecule has 1 unspecified atom stereocenters. The Morgan fingerprint density at radius 2 is 2.00 bits per heavy atom. The number of nitrogens with one attached hydrogen (secondary N) is 2. The van der Waals surface area contributed by atoms with Crippen LogP contribution in [0.5, 0.6) is 5.75 Å². The quantitative estimate of drug-likeness (QED) is 0.789. The fraction of sp³-hybridized carbons (Fsp3) is 0.429. The van der Waals surface area contributed by atoms with E-state index in [9.17, 15) is 4.79 Å². The molecule has 2 aliphatic heterocycles. The maximum atomic E-state index is 12.7. The smallest absolute Gasteiger partial charge is 0.229 e. The lowest BCUT2D eigenvalue weighted by Crippen LogP contribution is -2.31. The predicted octanol–water partition coefficient (Wildman–Crippen LogP) is 3.86. The second-order valence-electron chi connectivity index (χ2n) is 7.69. The normalized spacial score (nSPS) is 20.9. The Kier molecular flexibility index (Phi) is 6.18. The number of ether oxygens (including phenoxy) is 1. The highest BCUT2D eigenvalue weighted by atomic mass is 35.5. The number of piperidine rings is 1. The number of halogens is 2. The zero-order chi connectivity index (χ0) is 17.6. The number of hydrogen-bond donors (Lipinski definition) is 2. The van der Waals surface area contributed by atoms with Crippen LogP contribution < -0.4 is 15.4 Å². The third kappa shape index (κ3) is 3.84. The molecule has 1 saturated heterocycles. The number of carbonyl (C=O) groups excluding carboxylic acids is 1. The minimum Gasteiger partial charge on any atom is -0.493 e. The Balaban J connectivity index is 0.00000112. The van der Waals surface area contributed by atoms with E-state index >= 15 is 0 Å². The van der Waals surface area contributed by atoms with Gasteiger partial charge in [-0.1, -0.05) is 6.07 Å². The summed E-state index contributed by atoms with van der Waals surface area (Å²) in [6.07, 6.45) is 4.18. The molecule has 3 aliphatic rings. The van der Waals surface area contributed by atoms with Gasteiger partial charge < -0.3 is 15.4 Å². The first-order valence-electron chi connectivity index (χ1n) is 9.48. The standard InChI is InChI=1S/C21H23N3O2.2ClH/c25-20(16-13-21(16)7-9-22-10-8-21)24-19-3-1-2-17(23-19)14-4-5-18-15(12-14)6-11-26-18;;/h1-5,12,16,22H,6-11,13H2,(H,23,24,25);2*1H. The number of pyridine rings is 1. The number of amides is 1. The number of carbonyl (C=O) groups is 1. The van der Waals surface area contributed by atoms with Crippen LogP contribution in [0, 0.1) is 11.3 Å². The lowest BCUT2D eigenvalue weighted by Gasteiger charge is -2.23. The van der Waals surface area contributed by atoms with Crippen molar-refractivity contribution in [3.05, 3.63) is 42.0 Å². The third-order valence-corrected chi connectivity index (χ3v) is 6.09. The van der Waals surface area contributed by atoms with Crippen LogP contribution in [0.2, 0.25) is 0 Å².